The minimum Gasteiger partial charge on any atom is -0.497 e. The van der Waals surface area contributed by atoms with E-state index in [1.165, 1.54) is 11.1 Å². The van der Waals surface area contributed by atoms with Crippen LogP contribution in [0.2, 0.25) is 0 Å². The number of ether oxygens (including phenoxy) is 1. The van der Waals surface area contributed by atoms with Gasteiger partial charge in [-0.3, -0.25) is 9.80 Å². The fourth-order valence-electron chi connectivity index (χ4n) is 3.59. The summed E-state index contributed by atoms with van der Waals surface area (Å²) in [5.74, 6) is 1.45. The monoisotopic (exact) mass is 324 g/mol. The molecule has 0 spiro atoms. The molecular weight excluding hydrogens is 300 g/mol. The molecule has 0 bridgehead atoms. The van der Waals surface area contributed by atoms with Crippen LogP contribution < -0.4 is 4.74 Å². The van der Waals surface area contributed by atoms with Gasteiger partial charge in [0, 0.05) is 31.7 Å². The van der Waals surface area contributed by atoms with E-state index >= 15 is 0 Å². The number of aryl methyl sites for hydroxylation is 1. The number of likely N-dealkylation sites (N-methyl/N-ethyl adjacent to an activating group) is 1. The van der Waals surface area contributed by atoms with Crippen molar-refractivity contribution in [2.24, 2.45) is 0 Å². The van der Waals surface area contributed by atoms with Crippen LogP contribution in [0, 0.1) is 6.92 Å². The number of hydrogen-bond donors (Lipinski definition) is 0. The highest BCUT2D eigenvalue weighted by Gasteiger charge is 2.45. The number of hydrogen-bond acceptors (Lipinski definition) is 5. The second kappa shape index (κ2) is 5.83. The largest absolute Gasteiger partial charge is 0.497 e. The van der Waals surface area contributed by atoms with Crippen LogP contribution in [-0.4, -0.2) is 69.1 Å². The van der Waals surface area contributed by atoms with E-state index in [0.717, 1.165) is 25.4 Å². The van der Waals surface area contributed by atoms with Crippen LogP contribution in [0.5, 0.6) is 5.75 Å². The van der Waals surface area contributed by atoms with Gasteiger partial charge in [-0.1, -0.05) is 6.07 Å². The van der Waals surface area contributed by atoms with Crippen LogP contribution in [0.15, 0.2) is 18.2 Å². The van der Waals surface area contributed by atoms with Gasteiger partial charge in [-0.05, 0) is 37.2 Å². The Labute approximate surface area is 132 Å². The van der Waals surface area contributed by atoms with Crippen LogP contribution >= 0.6 is 0 Å². The molecular formula is C16H24N2O3S. The first-order valence-electron chi connectivity index (χ1n) is 7.68. The molecule has 2 fully saturated rings. The Bertz CT molecular complexity index is 659. The topological polar surface area (TPSA) is 49.9 Å². The predicted octanol–water partition coefficient (Wildman–Crippen LogP) is 0.917. The van der Waals surface area contributed by atoms with Gasteiger partial charge in [0.05, 0.1) is 18.6 Å². The van der Waals surface area contributed by atoms with E-state index in [9.17, 15) is 8.42 Å². The van der Waals surface area contributed by atoms with Gasteiger partial charge in [-0.2, -0.15) is 0 Å². The molecule has 2 aliphatic rings. The third-order valence-corrected chi connectivity index (χ3v) is 6.69. The highest BCUT2D eigenvalue weighted by molar-refractivity contribution is 7.91. The van der Waals surface area contributed by atoms with Crippen molar-refractivity contribution >= 4 is 9.84 Å². The fraction of sp³-hybridized carbons (Fsp3) is 0.625. The van der Waals surface area contributed by atoms with E-state index in [1.54, 1.807) is 7.11 Å². The highest BCUT2D eigenvalue weighted by atomic mass is 32.2. The molecule has 0 amide bonds. The lowest BCUT2D eigenvalue weighted by molar-refractivity contribution is 0.0571. The van der Waals surface area contributed by atoms with Gasteiger partial charge >= 0.3 is 0 Å². The van der Waals surface area contributed by atoms with E-state index in [-0.39, 0.29) is 17.8 Å². The quantitative estimate of drug-likeness (QED) is 0.827. The van der Waals surface area contributed by atoms with E-state index < -0.39 is 9.84 Å². The molecule has 2 saturated heterocycles. The van der Waals surface area contributed by atoms with Crippen molar-refractivity contribution in [1.29, 1.82) is 0 Å². The van der Waals surface area contributed by atoms with E-state index in [4.69, 9.17) is 4.74 Å². The van der Waals surface area contributed by atoms with Crippen LogP contribution in [0.1, 0.15) is 11.1 Å². The van der Waals surface area contributed by atoms with Gasteiger partial charge in [0.15, 0.2) is 9.84 Å². The van der Waals surface area contributed by atoms with E-state index in [1.807, 2.05) is 19.2 Å². The van der Waals surface area contributed by atoms with Gasteiger partial charge in [-0.25, -0.2) is 8.42 Å². The molecule has 2 heterocycles. The van der Waals surface area contributed by atoms with E-state index in [0.29, 0.717) is 5.75 Å². The second-order valence-corrected chi connectivity index (χ2v) is 8.61. The Morgan fingerprint density at radius 3 is 2.64 bits per heavy atom. The minimum atomic E-state index is -2.91. The summed E-state index contributed by atoms with van der Waals surface area (Å²) >= 11 is 0. The molecule has 122 valence electrons. The molecule has 22 heavy (non-hydrogen) atoms. The molecule has 5 nitrogen and oxygen atoms in total. The van der Waals surface area contributed by atoms with Gasteiger partial charge in [-0.15, -0.1) is 0 Å². The van der Waals surface area contributed by atoms with Crippen molar-refractivity contribution in [3.05, 3.63) is 29.3 Å². The summed E-state index contributed by atoms with van der Waals surface area (Å²) in [6.45, 7) is 4.72. The van der Waals surface area contributed by atoms with Crippen LogP contribution in [0.3, 0.4) is 0 Å². The number of benzene rings is 1. The number of rotatable bonds is 3. The van der Waals surface area contributed by atoms with Crippen LogP contribution in [-0.2, 0) is 16.4 Å². The van der Waals surface area contributed by atoms with Gasteiger partial charge in [0.25, 0.3) is 0 Å². The summed E-state index contributed by atoms with van der Waals surface area (Å²) in [5.41, 5.74) is 2.43. The van der Waals surface area contributed by atoms with Crippen molar-refractivity contribution in [1.82, 2.24) is 9.80 Å². The third kappa shape index (κ3) is 3.00. The zero-order valence-corrected chi connectivity index (χ0v) is 14.3. The number of nitrogens with zero attached hydrogens (tertiary/aromatic N) is 2. The maximum atomic E-state index is 12.0. The molecule has 1 aromatic carbocycles. The number of piperazine rings is 1. The van der Waals surface area contributed by atoms with Crippen LogP contribution in [0.25, 0.3) is 0 Å². The Kier molecular flexibility index (Phi) is 4.18. The summed E-state index contributed by atoms with van der Waals surface area (Å²) in [5, 5.41) is 0. The predicted molar refractivity (Wildman–Crippen MR) is 87.0 cm³/mol. The molecule has 6 heteroatoms. The van der Waals surface area contributed by atoms with Crippen molar-refractivity contribution in [2.45, 2.75) is 25.6 Å². The summed E-state index contributed by atoms with van der Waals surface area (Å²) in [4.78, 5) is 4.54. The van der Waals surface area contributed by atoms with Crippen LogP contribution in [0.4, 0.5) is 0 Å². The molecule has 0 N–H and O–H groups in total. The average Bonchev–Trinajstić information content (AvgIpc) is 2.80. The fourth-order valence-corrected chi connectivity index (χ4v) is 5.67. The molecule has 1 aromatic rings. The Morgan fingerprint density at radius 1 is 1.23 bits per heavy atom. The first kappa shape index (κ1) is 15.8. The van der Waals surface area contributed by atoms with Gasteiger partial charge in [0.2, 0.25) is 0 Å². The summed E-state index contributed by atoms with van der Waals surface area (Å²) in [7, 11) is 0.795. The third-order valence-electron chi connectivity index (χ3n) is 4.99. The van der Waals surface area contributed by atoms with Crippen molar-refractivity contribution in [3.8, 4) is 5.75 Å². The Hall–Kier alpha value is -1.11. The molecule has 2 atom stereocenters. The molecule has 0 unspecified atom stereocenters. The molecule has 0 saturated carbocycles. The number of fused-ring (bicyclic) bond motifs is 1. The Morgan fingerprint density at radius 2 is 1.95 bits per heavy atom. The maximum Gasteiger partial charge on any atom is 0.153 e. The zero-order valence-electron chi connectivity index (χ0n) is 13.4. The second-order valence-electron chi connectivity index (χ2n) is 6.46. The van der Waals surface area contributed by atoms with Gasteiger partial charge < -0.3 is 4.74 Å². The number of methoxy groups -OCH3 is 1. The normalized spacial score (nSPS) is 28.5. The standard InChI is InChI=1S/C16H24N2O3S/c1-12-8-14(21-3)5-4-13(12)9-18-7-6-17(2)15-10-22(19,20)11-16(15)18/h4-5,8,15-16H,6-7,9-11H2,1-3H3/t15-,16+/m0/s1. The first-order valence-corrected chi connectivity index (χ1v) is 9.50. The lowest BCUT2D eigenvalue weighted by Crippen LogP contribution is -2.57. The average molecular weight is 324 g/mol. The SMILES string of the molecule is COc1ccc(CN2CCN(C)[C@H]3CS(=O)(=O)C[C@H]32)c(C)c1. The molecule has 0 aliphatic carbocycles. The molecule has 0 aromatic heterocycles. The van der Waals surface area contributed by atoms with E-state index in [2.05, 4.69) is 22.8 Å². The first-order chi connectivity index (χ1) is 10.4. The lowest BCUT2D eigenvalue weighted by atomic mass is 10.0. The molecule has 0 radical (unpaired) electrons. The molecule has 2 aliphatic heterocycles. The summed E-state index contributed by atoms with van der Waals surface area (Å²) in [6.07, 6.45) is 0. The lowest BCUT2D eigenvalue weighted by Gasteiger charge is -2.42. The minimum absolute atomic E-state index is 0.116. The maximum absolute atomic E-state index is 12.0. The molecule has 3 rings (SSSR count). The summed E-state index contributed by atoms with van der Waals surface area (Å²) in [6, 6.07) is 6.35. The van der Waals surface area contributed by atoms with Crippen molar-refractivity contribution in [3.63, 3.8) is 0 Å². The van der Waals surface area contributed by atoms with Gasteiger partial charge in [0.1, 0.15) is 5.75 Å². The Balaban J connectivity index is 1.80. The number of sulfone groups is 1. The van der Waals surface area contributed by atoms with Crippen molar-refractivity contribution < 1.29 is 13.2 Å². The highest BCUT2D eigenvalue weighted by Crippen LogP contribution is 2.28. The summed E-state index contributed by atoms with van der Waals surface area (Å²) < 4.78 is 29.3. The smallest absolute Gasteiger partial charge is 0.153 e. The van der Waals surface area contributed by atoms with Crippen molar-refractivity contribution in [2.75, 3.05) is 38.8 Å². The zero-order chi connectivity index (χ0) is 15.9.